The Labute approximate surface area is 87.8 Å². The van der Waals surface area contributed by atoms with Crippen molar-refractivity contribution in [3.8, 4) is 0 Å². The fourth-order valence-corrected chi connectivity index (χ4v) is 4.86. The minimum Gasteiger partial charge on any atom is -0.324 e. The maximum absolute atomic E-state index is 11.8. The monoisotopic (exact) mass is 206 g/mol. The average molecular weight is 206 g/mol. The second-order valence-electron chi connectivity index (χ2n) is 4.45. The molecule has 0 aromatic heterocycles. The third-order valence-electron chi connectivity index (χ3n) is 1.50. The Morgan fingerprint density at radius 1 is 1.00 bits per heavy atom. The first-order valence-electron chi connectivity index (χ1n) is 4.39. The molecule has 1 nitrogen and oxygen atoms in total. The zero-order valence-corrected chi connectivity index (χ0v) is 9.32. The summed E-state index contributed by atoms with van der Waals surface area (Å²) >= 11 is 0. The van der Waals surface area contributed by atoms with Crippen molar-refractivity contribution in [2.45, 2.75) is 27.7 Å². The van der Waals surface area contributed by atoms with E-state index in [4.69, 9.17) is 0 Å². The van der Waals surface area contributed by atoms with Gasteiger partial charge in [0.2, 0.25) is 0 Å². The fourth-order valence-electron chi connectivity index (χ4n) is 1.62. The van der Waals surface area contributed by atoms with E-state index in [2.05, 4.69) is 27.7 Å². The lowest BCUT2D eigenvalue weighted by molar-refractivity contribution is 0.560. The molecule has 12 heavy (non-hydrogen) atoms. The van der Waals surface area contributed by atoms with Crippen LogP contribution in [0.3, 0.4) is 0 Å². The van der Waals surface area contributed by atoms with Gasteiger partial charge in [0.15, 0.2) is 17.4 Å². The van der Waals surface area contributed by atoms with Crippen molar-refractivity contribution in [2.24, 2.45) is 11.8 Å². The molecule has 74 valence electrons. The lowest BCUT2D eigenvalue weighted by Crippen LogP contribution is -2.04. The highest BCUT2D eigenvalue weighted by Crippen LogP contribution is 2.44. The van der Waals surface area contributed by atoms with E-state index in [1.54, 1.807) is 0 Å². The predicted molar refractivity (Wildman–Crippen MR) is 62.9 cm³/mol. The molecule has 0 radical (unpaired) electrons. The molecular weight excluding hydrogens is 182 g/mol. The standard InChI is InChI=1S/C9H21OP.Al.3H/c1-8(2)6-11(5,10)7-9(3)4;;;;/h8-9H,6-7H2,1-5H3;;;;. The zero-order chi connectivity index (χ0) is 9.07. The maximum atomic E-state index is 11.8. The van der Waals surface area contributed by atoms with E-state index in [0.29, 0.717) is 11.8 Å². The van der Waals surface area contributed by atoms with Gasteiger partial charge in [-0.2, -0.15) is 0 Å². The van der Waals surface area contributed by atoms with Crippen LogP contribution >= 0.6 is 7.14 Å². The molecule has 0 fully saturated rings. The smallest absolute Gasteiger partial charge is 0.187 e. The molecule has 0 aliphatic heterocycles. The summed E-state index contributed by atoms with van der Waals surface area (Å²) in [6.07, 6.45) is 1.82. The molecule has 0 aliphatic carbocycles. The zero-order valence-electron chi connectivity index (χ0n) is 8.42. The van der Waals surface area contributed by atoms with Crippen molar-refractivity contribution in [3.63, 3.8) is 0 Å². The summed E-state index contributed by atoms with van der Waals surface area (Å²) in [6, 6.07) is 0. The molecule has 0 aromatic carbocycles. The van der Waals surface area contributed by atoms with Crippen molar-refractivity contribution >= 4 is 24.5 Å². The average Bonchev–Trinajstić information content (AvgIpc) is 1.53. The summed E-state index contributed by atoms with van der Waals surface area (Å²) in [6.45, 7) is 10.5. The summed E-state index contributed by atoms with van der Waals surface area (Å²) in [5.74, 6) is 1.15. The van der Waals surface area contributed by atoms with Gasteiger partial charge < -0.3 is 4.57 Å². The summed E-state index contributed by atoms with van der Waals surface area (Å²) < 4.78 is 11.8. The molecule has 0 unspecified atom stereocenters. The van der Waals surface area contributed by atoms with Gasteiger partial charge in [-0.15, -0.1) is 0 Å². The van der Waals surface area contributed by atoms with Gasteiger partial charge in [-0.25, -0.2) is 0 Å². The molecule has 0 rings (SSSR count). The van der Waals surface area contributed by atoms with Gasteiger partial charge in [0.1, 0.15) is 0 Å². The van der Waals surface area contributed by atoms with Crippen molar-refractivity contribution in [2.75, 3.05) is 19.0 Å². The summed E-state index contributed by atoms with van der Waals surface area (Å²) in [7, 11) is -1.80. The van der Waals surface area contributed by atoms with Crippen LogP contribution in [0.1, 0.15) is 27.7 Å². The van der Waals surface area contributed by atoms with Gasteiger partial charge in [-0.05, 0) is 18.5 Å². The molecule has 0 saturated heterocycles. The summed E-state index contributed by atoms with van der Waals surface area (Å²) in [5.41, 5.74) is 0. The van der Waals surface area contributed by atoms with E-state index in [0.717, 1.165) is 12.3 Å². The van der Waals surface area contributed by atoms with E-state index in [9.17, 15) is 4.57 Å². The van der Waals surface area contributed by atoms with Gasteiger partial charge in [0.25, 0.3) is 0 Å². The van der Waals surface area contributed by atoms with E-state index in [-0.39, 0.29) is 17.4 Å². The Bertz CT molecular complexity index is 141. The van der Waals surface area contributed by atoms with Gasteiger partial charge in [0, 0.05) is 12.3 Å². The molecule has 0 N–H and O–H groups in total. The molecule has 0 aromatic rings. The molecule has 0 bridgehead atoms. The second-order valence-corrected chi connectivity index (χ2v) is 7.77. The first kappa shape index (κ1) is 15.2. The lowest BCUT2D eigenvalue weighted by atomic mass is 10.3. The highest BCUT2D eigenvalue weighted by molar-refractivity contribution is 7.63. The van der Waals surface area contributed by atoms with Gasteiger partial charge in [-0.1, -0.05) is 27.7 Å². The van der Waals surface area contributed by atoms with Gasteiger partial charge in [-0.3, -0.25) is 0 Å². The molecule has 0 amide bonds. The Kier molecular flexibility index (Phi) is 7.94. The molecule has 0 saturated carbocycles. The van der Waals surface area contributed by atoms with Crippen molar-refractivity contribution < 1.29 is 4.57 Å². The van der Waals surface area contributed by atoms with E-state index in [1.807, 2.05) is 6.66 Å². The van der Waals surface area contributed by atoms with Gasteiger partial charge >= 0.3 is 0 Å². The topological polar surface area (TPSA) is 17.1 Å². The Morgan fingerprint density at radius 3 is 1.42 bits per heavy atom. The second kappa shape index (κ2) is 6.25. The fraction of sp³-hybridized carbons (Fsp3) is 1.00. The highest BCUT2D eigenvalue weighted by atomic mass is 31.2. The van der Waals surface area contributed by atoms with Crippen molar-refractivity contribution in [1.82, 2.24) is 0 Å². The largest absolute Gasteiger partial charge is 0.324 e. The van der Waals surface area contributed by atoms with Crippen LogP contribution in [-0.4, -0.2) is 36.3 Å². The predicted octanol–water partition coefficient (Wildman–Crippen LogP) is 2.11. The normalized spacial score (nSPS) is 11.9. The lowest BCUT2D eigenvalue weighted by Gasteiger charge is -2.16. The number of rotatable bonds is 4. The number of hydrogen-bond acceptors (Lipinski definition) is 1. The number of hydrogen-bond donors (Lipinski definition) is 0. The van der Waals surface area contributed by atoms with Crippen LogP contribution in [0, 0.1) is 11.8 Å². The van der Waals surface area contributed by atoms with Crippen molar-refractivity contribution in [3.05, 3.63) is 0 Å². The Hall–Kier alpha value is 0.762. The minimum absolute atomic E-state index is 0. The highest BCUT2D eigenvalue weighted by Gasteiger charge is 2.17. The van der Waals surface area contributed by atoms with Gasteiger partial charge in [0.05, 0.1) is 7.14 Å². The molecular formula is C9H24AlOP. The van der Waals surface area contributed by atoms with Crippen LogP contribution in [0.5, 0.6) is 0 Å². The van der Waals surface area contributed by atoms with Crippen LogP contribution in [0.25, 0.3) is 0 Å². The maximum Gasteiger partial charge on any atom is 0.187 e. The summed E-state index contributed by atoms with van der Waals surface area (Å²) in [5, 5.41) is 0. The Balaban J connectivity index is 0. The van der Waals surface area contributed by atoms with E-state index in [1.165, 1.54) is 0 Å². The SMILES string of the molecule is CC(C)CP(C)(=O)CC(C)C.[AlH3]. The quantitative estimate of drug-likeness (QED) is 0.508. The van der Waals surface area contributed by atoms with E-state index >= 15 is 0 Å². The van der Waals surface area contributed by atoms with Crippen molar-refractivity contribution in [1.29, 1.82) is 0 Å². The molecule has 0 atom stereocenters. The van der Waals surface area contributed by atoms with Crippen LogP contribution in [0.15, 0.2) is 0 Å². The molecule has 0 heterocycles. The molecule has 0 aliphatic rings. The first-order chi connectivity index (χ1) is 4.83. The Morgan fingerprint density at radius 2 is 1.25 bits per heavy atom. The molecule has 3 heteroatoms. The minimum atomic E-state index is -1.80. The van der Waals surface area contributed by atoms with Crippen LogP contribution in [0.2, 0.25) is 0 Å². The third kappa shape index (κ3) is 8.86. The summed E-state index contributed by atoms with van der Waals surface area (Å²) in [4.78, 5) is 0. The van der Waals surface area contributed by atoms with Crippen LogP contribution in [0.4, 0.5) is 0 Å². The van der Waals surface area contributed by atoms with Crippen LogP contribution in [-0.2, 0) is 4.57 Å². The first-order valence-corrected chi connectivity index (χ1v) is 6.91. The van der Waals surface area contributed by atoms with Crippen LogP contribution < -0.4 is 0 Å². The van der Waals surface area contributed by atoms with E-state index < -0.39 is 7.14 Å². The third-order valence-corrected chi connectivity index (χ3v) is 4.51. The molecule has 0 spiro atoms.